The summed E-state index contributed by atoms with van der Waals surface area (Å²) < 4.78 is 11.1. The Kier molecular flexibility index (Phi) is 6.54. The van der Waals surface area contributed by atoms with Gasteiger partial charge in [-0.05, 0) is 31.7 Å². The second-order valence-corrected chi connectivity index (χ2v) is 6.20. The average Bonchev–Trinajstić information content (AvgIpc) is 2.80. The minimum atomic E-state index is -0.0695. The minimum absolute atomic E-state index is 0.0695. The highest BCUT2D eigenvalue weighted by Gasteiger charge is 2.24. The van der Waals surface area contributed by atoms with Crippen LogP contribution in [0.15, 0.2) is 12.1 Å². The highest BCUT2D eigenvalue weighted by atomic mass is 35.5. The molecule has 2 N–H and O–H groups in total. The molecule has 1 aliphatic rings. The van der Waals surface area contributed by atoms with Crippen LogP contribution >= 0.6 is 11.6 Å². The van der Waals surface area contributed by atoms with Crippen molar-refractivity contribution in [1.29, 1.82) is 0 Å². The Labute approximate surface area is 142 Å². The van der Waals surface area contributed by atoms with Gasteiger partial charge in [0, 0.05) is 25.8 Å². The van der Waals surface area contributed by atoms with E-state index in [0.29, 0.717) is 28.6 Å². The number of halogens is 1. The monoisotopic (exact) mass is 340 g/mol. The Morgan fingerprint density at radius 2 is 2.17 bits per heavy atom. The number of nitrogens with zero attached hydrogens (tertiary/aromatic N) is 1. The molecule has 6 heteroatoms. The number of hydrogen-bond donors (Lipinski definition) is 1. The molecule has 1 heterocycles. The summed E-state index contributed by atoms with van der Waals surface area (Å²) in [5.74, 6) is 0.389. The maximum atomic E-state index is 12.8. The molecule has 1 aliphatic heterocycles. The van der Waals surface area contributed by atoms with E-state index < -0.39 is 0 Å². The molecule has 0 aromatic heterocycles. The van der Waals surface area contributed by atoms with E-state index in [1.54, 1.807) is 12.1 Å². The molecule has 1 atom stereocenters. The molecule has 0 saturated carbocycles. The first-order valence-electron chi connectivity index (χ1n) is 8.10. The Hall–Kier alpha value is -1.46. The van der Waals surface area contributed by atoms with Crippen molar-refractivity contribution in [3.8, 4) is 5.75 Å². The summed E-state index contributed by atoms with van der Waals surface area (Å²) in [6.45, 7) is 4.28. The predicted molar refractivity (Wildman–Crippen MR) is 92.2 cm³/mol. The summed E-state index contributed by atoms with van der Waals surface area (Å²) in [5, 5.41) is 0.369. The van der Waals surface area contributed by atoms with E-state index in [1.165, 1.54) is 7.11 Å². The maximum absolute atomic E-state index is 12.8. The lowest BCUT2D eigenvalue weighted by Gasteiger charge is -2.22. The number of likely N-dealkylation sites (tertiary alicyclic amines) is 1. The van der Waals surface area contributed by atoms with Gasteiger partial charge in [-0.15, -0.1) is 0 Å². The molecular formula is C17H25ClN2O3. The van der Waals surface area contributed by atoms with Crippen LogP contribution in [0.2, 0.25) is 5.02 Å². The average molecular weight is 341 g/mol. The Morgan fingerprint density at radius 1 is 1.39 bits per heavy atom. The molecule has 1 aromatic carbocycles. The van der Waals surface area contributed by atoms with Gasteiger partial charge in [-0.3, -0.25) is 4.79 Å². The number of nitrogens with two attached hydrogens (primary N) is 1. The molecule has 2 rings (SSSR count). The molecule has 0 spiro atoms. The summed E-state index contributed by atoms with van der Waals surface area (Å²) >= 11 is 6.07. The summed E-state index contributed by atoms with van der Waals surface area (Å²) in [5.41, 5.74) is 6.64. The number of amides is 1. The summed E-state index contributed by atoms with van der Waals surface area (Å²) in [4.78, 5) is 14.7. The SMILES string of the molecule is CCCOC1CCCN(C(=O)c2cc(Cl)c(N)cc2OC)CC1. The van der Waals surface area contributed by atoms with Crippen LogP contribution in [-0.4, -0.2) is 43.7 Å². The zero-order valence-corrected chi connectivity index (χ0v) is 14.6. The smallest absolute Gasteiger partial charge is 0.257 e. The zero-order valence-electron chi connectivity index (χ0n) is 13.8. The Morgan fingerprint density at radius 3 is 2.87 bits per heavy atom. The second-order valence-electron chi connectivity index (χ2n) is 5.79. The van der Waals surface area contributed by atoms with Crippen molar-refractivity contribution in [2.24, 2.45) is 0 Å². The van der Waals surface area contributed by atoms with Crippen molar-refractivity contribution in [2.75, 3.05) is 32.5 Å². The predicted octanol–water partition coefficient (Wildman–Crippen LogP) is 3.35. The first-order valence-corrected chi connectivity index (χ1v) is 8.48. The van der Waals surface area contributed by atoms with Gasteiger partial charge in [0.2, 0.25) is 0 Å². The molecule has 1 fully saturated rings. The standard InChI is InChI=1S/C17H25ClN2O3/c1-3-9-23-12-5-4-7-20(8-6-12)17(21)13-10-14(18)15(19)11-16(13)22-2/h10-12H,3-9,19H2,1-2H3. The van der Waals surface area contributed by atoms with Crippen LogP contribution < -0.4 is 10.5 Å². The quantitative estimate of drug-likeness (QED) is 0.835. The van der Waals surface area contributed by atoms with E-state index in [2.05, 4.69) is 6.92 Å². The van der Waals surface area contributed by atoms with E-state index in [-0.39, 0.29) is 12.0 Å². The van der Waals surface area contributed by atoms with Crippen molar-refractivity contribution in [2.45, 2.75) is 38.7 Å². The number of nitrogen functional groups attached to an aromatic ring is 1. The van der Waals surface area contributed by atoms with Gasteiger partial charge in [-0.2, -0.15) is 0 Å². The molecule has 0 aliphatic carbocycles. The van der Waals surface area contributed by atoms with E-state index >= 15 is 0 Å². The molecule has 1 aromatic rings. The molecule has 5 nitrogen and oxygen atoms in total. The number of methoxy groups -OCH3 is 1. The van der Waals surface area contributed by atoms with E-state index in [4.69, 9.17) is 26.8 Å². The van der Waals surface area contributed by atoms with E-state index in [9.17, 15) is 4.79 Å². The van der Waals surface area contributed by atoms with Gasteiger partial charge >= 0.3 is 0 Å². The zero-order chi connectivity index (χ0) is 16.8. The molecule has 128 valence electrons. The highest BCUT2D eigenvalue weighted by molar-refractivity contribution is 6.33. The highest BCUT2D eigenvalue weighted by Crippen LogP contribution is 2.30. The number of anilines is 1. The molecule has 1 saturated heterocycles. The molecular weight excluding hydrogens is 316 g/mol. The summed E-state index contributed by atoms with van der Waals surface area (Å²) in [6.07, 6.45) is 4.04. The fourth-order valence-electron chi connectivity index (χ4n) is 2.80. The van der Waals surface area contributed by atoms with Crippen LogP contribution in [0.4, 0.5) is 5.69 Å². The third kappa shape index (κ3) is 4.52. The second kappa shape index (κ2) is 8.41. The van der Waals surface area contributed by atoms with Crippen LogP contribution in [-0.2, 0) is 4.74 Å². The fourth-order valence-corrected chi connectivity index (χ4v) is 2.96. The van der Waals surface area contributed by atoms with Crippen LogP contribution in [0.3, 0.4) is 0 Å². The Balaban J connectivity index is 2.10. The topological polar surface area (TPSA) is 64.8 Å². The van der Waals surface area contributed by atoms with Gasteiger partial charge in [-0.25, -0.2) is 0 Å². The van der Waals surface area contributed by atoms with Gasteiger partial charge < -0.3 is 20.1 Å². The van der Waals surface area contributed by atoms with Crippen LogP contribution in [0, 0.1) is 0 Å². The van der Waals surface area contributed by atoms with Crippen molar-refractivity contribution in [3.05, 3.63) is 22.7 Å². The lowest BCUT2D eigenvalue weighted by atomic mass is 10.1. The number of carbonyl (C=O) groups is 1. The fraction of sp³-hybridized carbons (Fsp3) is 0.588. The van der Waals surface area contributed by atoms with E-state index in [1.807, 2.05) is 4.90 Å². The van der Waals surface area contributed by atoms with E-state index in [0.717, 1.165) is 38.8 Å². The van der Waals surface area contributed by atoms with Crippen LogP contribution in [0.25, 0.3) is 0 Å². The van der Waals surface area contributed by atoms with Crippen LogP contribution in [0.1, 0.15) is 43.0 Å². The number of ether oxygens (including phenoxy) is 2. The van der Waals surface area contributed by atoms with Gasteiger partial charge in [0.15, 0.2) is 0 Å². The maximum Gasteiger partial charge on any atom is 0.257 e. The normalized spacial score (nSPS) is 18.6. The number of rotatable bonds is 5. The van der Waals surface area contributed by atoms with Crippen LogP contribution in [0.5, 0.6) is 5.75 Å². The summed E-state index contributed by atoms with van der Waals surface area (Å²) in [7, 11) is 1.52. The third-order valence-corrected chi connectivity index (χ3v) is 4.40. The molecule has 0 radical (unpaired) electrons. The largest absolute Gasteiger partial charge is 0.496 e. The van der Waals surface area contributed by atoms with Crippen molar-refractivity contribution in [3.63, 3.8) is 0 Å². The molecule has 1 amide bonds. The first-order chi connectivity index (χ1) is 11.1. The third-order valence-electron chi connectivity index (χ3n) is 4.07. The van der Waals surface area contributed by atoms with Crippen molar-refractivity contribution < 1.29 is 14.3 Å². The Bertz CT molecular complexity index is 551. The van der Waals surface area contributed by atoms with Gasteiger partial charge in [0.1, 0.15) is 5.75 Å². The number of carbonyl (C=O) groups excluding carboxylic acids is 1. The number of hydrogen-bond acceptors (Lipinski definition) is 4. The van der Waals surface area contributed by atoms with Gasteiger partial charge in [-0.1, -0.05) is 18.5 Å². The first kappa shape index (κ1) is 17.9. The van der Waals surface area contributed by atoms with Crippen molar-refractivity contribution in [1.82, 2.24) is 4.90 Å². The molecule has 1 unspecified atom stereocenters. The van der Waals surface area contributed by atoms with Crippen molar-refractivity contribution >= 4 is 23.2 Å². The minimum Gasteiger partial charge on any atom is -0.496 e. The molecule has 0 bridgehead atoms. The summed E-state index contributed by atoms with van der Waals surface area (Å²) in [6, 6.07) is 3.19. The molecule has 23 heavy (non-hydrogen) atoms. The lowest BCUT2D eigenvalue weighted by molar-refractivity contribution is 0.0432. The lowest BCUT2D eigenvalue weighted by Crippen LogP contribution is -2.32. The van der Waals surface area contributed by atoms with Gasteiger partial charge in [0.25, 0.3) is 5.91 Å². The number of benzene rings is 1. The van der Waals surface area contributed by atoms with Gasteiger partial charge in [0.05, 0.1) is 29.5 Å².